The molecule has 2 aromatic carbocycles. The van der Waals surface area contributed by atoms with Crippen molar-refractivity contribution in [2.24, 2.45) is 0 Å². The largest absolute Gasteiger partial charge is 0.301 e. The molecule has 3 heterocycles. The zero-order chi connectivity index (χ0) is 21.5. The van der Waals surface area contributed by atoms with E-state index in [0.29, 0.717) is 0 Å². The highest BCUT2D eigenvalue weighted by molar-refractivity contribution is 7.98. The average Bonchev–Trinajstić information content (AvgIpc) is 3.12. The van der Waals surface area contributed by atoms with Gasteiger partial charge in [0, 0.05) is 23.7 Å². The van der Waals surface area contributed by atoms with Crippen LogP contribution in [0.3, 0.4) is 0 Å². The lowest BCUT2D eigenvalue weighted by Gasteiger charge is -2.21. The van der Waals surface area contributed by atoms with E-state index in [4.69, 9.17) is 4.98 Å². The van der Waals surface area contributed by atoms with Crippen LogP contribution in [-0.2, 0) is 18.7 Å². The predicted octanol–water partition coefficient (Wildman–Crippen LogP) is 5.34. The van der Waals surface area contributed by atoms with Gasteiger partial charge in [0.2, 0.25) is 0 Å². The van der Waals surface area contributed by atoms with E-state index in [1.807, 2.05) is 16.7 Å². The molecule has 4 aromatic rings. The van der Waals surface area contributed by atoms with Gasteiger partial charge >= 0.3 is 0 Å². The molecule has 4 nitrogen and oxygen atoms in total. The zero-order valence-corrected chi connectivity index (χ0v) is 19.6. The highest BCUT2D eigenvalue weighted by Crippen LogP contribution is 2.34. The number of nitrogens with zero attached hydrogens (tertiary/aromatic N) is 3. The summed E-state index contributed by atoms with van der Waals surface area (Å²) in [6.07, 6.45) is 0.909. The van der Waals surface area contributed by atoms with Gasteiger partial charge in [-0.1, -0.05) is 59.3 Å². The van der Waals surface area contributed by atoms with Gasteiger partial charge in [-0.3, -0.25) is 9.36 Å². The number of fused-ring (bicyclic) bond motifs is 3. The molecule has 0 bridgehead atoms. The van der Waals surface area contributed by atoms with Crippen LogP contribution in [0, 0.1) is 13.8 Å². The van der Waals surface area contributed by atoms with E-state index in [1.54, 1.807) is 23.1 Å². The van der Waals surface area contributed by atoms with Crippen LogP contribution in [0.2, 0.25) is 0 Å². The summed E-state index contributed by atoms with van der Waals surface area (Å²) in [5, 5.41) is 1.57. The van der Waals surface area contributed by atoms with Gasteiger partial charge in [0.05, 0.1) is 11.1 Å². The fourth-order valence-electron chi connectivity index (χ4n) is 4.00. The Morgan fingerprint density at radius 1 is 1.03 bits per heavy atom. The van der Waals surface area contributed by atoms with Gasteiger partial charge in [0.1, 0.15) is 4.83 Å². The van der Waals surface area contributed by atoms with Crippen molar-refractivity contribution < 1.29 is 0 Å². The van der Waals surface area contributed by atoms with E-state index in [2.05, 4.69) is 62.2 Å². The second kappa shape index (κ2) is 8.26. The fraction of sp³-hybridized carbons (Fsp3) is 0.280. The molecule has 0 saturated heterocycles. The van der Waals surface area contributed by atoms with Crippen molar-refractivity contribution in [1.82, 2.24) is 14.5 Å². The van der Waals surface area contributed by atoms with Crippen LogP contribution in [0.1, 0.15) is 27.1 Å². The van der Waals surface area contributed by atoms with E-state index in [0.717, 1.165) is 46.3 Å². The number of hydrogen-bond acceptors (Lipinski definition) is 5. The number of thioether (sulfide) groups is 1. The zero-order valence-electron chi connectivity index (χ0n) is 18.0. The highest BCUT2D eigenvalue weighted by atomic mass is 32.2. The van der Waals surface area contributed by atoms with E-state index >= 15 is 0 Å². The normalized spacial score (nSPS) is 14.2. The first-order chi connectivity index (χ1) is 15.0. The Morgan fingerprint density at radius 2 is 1.71 bits per heavy atom. The third-order valence-electron chi connectivity index (χ3n) is 5.82. The van der Waals surface area contributed by atoms with Crippen LogP contribution < -0.4 is 5.56 Å². The fourth-order valence-corrected chi connectivity index (χ4v) is 6.31. The Kier molecular flexibility index (Phi) is 5.46. The Hall–Kier alpha value is -2.41. The maximum atomic E-state index is 13.8. The molecular weight excluding hydrogens is 422 g/mol. The number of rotatable bonds is 4. The Morgan fingerprint density at radius 3 is 2.42 bits per heavy atom. The lowest BCUT2D eigenvalue weighted by Crippen LogP contribution is -2.27. The second-order valence-corrected chi connectivity index (χ2v) is 10.3. The summed E-state index contributed by atoms with van der Waals surface area (Å²) in [5.41, 5.74) is 5.79. The van der Waals surface area contributed by atoms with Gasteiger partial charge in [-0.15, -0.1) is 11.3 Å². The number of thiophene rings is 1. The molecule has 0 saturated carbocycles. The summed E-state index contributed by atoms with van der Waals surface area (Å²) in [7, 11) is 2.13. The van der Waals surface area contributed by atoms with Crippen LogP contribution in [-0.4, -0.2) is 28.0 Å². The molecule has 31 heavy (non-hydrogen) atoms. The molecule has 158 valence electrons. The smallest absolute Gasteiger partial charge is 0.267 e. The molecule has 1 aliphatic rings. The Balaban J connectivity index is 1.65. The summed E-state index contributed by atoms with van der Waals surface area (Å²) in [6, 6.07) is 16.7. The quantitative estimate of drug-likeness (QED) is 0.312. The summed E-state index contributed by atoms with van der Waals surface area (Å²) in [5.74, 6) is 0.776. The SMILES string of the molecule is Cc1ccc(CSc2nc3sc4c(c3c(=O)n2-c2ccc(C)cc2)CCN(C)C4)cc1. The van der Waals surface area contributed by atoms with E-state index in [9.17, 15) is 4.79 Å². The molecule has 5 rings (SSSR count). The van der Waals surface area contributed by atoms with Gasteiger partial charge in [0.25, 0.3) is 5.56 Å². The number of likely N-dealkylation sites (N-methyl/N-ethyl adjacent to an activating group) is 1. The first kappa shape index (κ1) is 20.5. The molecule has 0 aliphatic carbocycles. The van der Waals surface area contributed by atoms with Gasteiger partial charge in [-0.2, -0.15) is 0 Å². The van der Waals surface area contributed by atoms with Crippen LogP contribution in [0.5, 0.6) is 0 Å². The van der Waals surface area contributed by atoms with Crippen molar-refractivity contribution in [2.75, 3.05) is 13.6 Å². The molecule has 1 aliphatic heterocycles. The van der Waals surface area contributed by atoms with E-state index < -0.39 is 0 Å². The van der Waals surface area contributed by atoms with Crippen molar-refractivity contribution in [2.45, 2.75) is 37.7 Å². The number of aryl methyl sites for hydroxylation is 2. The van der Waals surface area contributed by atoms with Crippen LogP contribution >= 0.6 is 23.1 Å². The number of hydrogen-bond donors (Lipinski definition) is 0. The molecule has 0 spiro atoms. The average molecular weight is 448 g/mol. The van der Waals surface area contributed by atoms with Gasteiger partial charge in [0.15, 0.2) is 5.16 Å². The van der Waals surface area contributed by atoms with Crippen molar-refractivity contribution >= 4 is 33.3 Å². The predicted molar refractivity (Wildman–Crippen MR) is 131 cm³/mol. The van der Waals surface area contributed by atoms with Crippen LogP contribution in [0.15, 0.2) is 58.5 Å². The Labute approximate surface area is 190 Å². The first-order valence-electron chi connectivity index (χ1n) is 10.5. The number of benzene rings is 2. The third-order valence-corrected chi connectivity index (χ3v) is 7.94. The van der Waals surface area contributed by atoms with Crippen LogP contribution in [0.4, 0.5) is 0 Å². The summed E-state index contributed by atoms with van der Waals surface area (Å²) >= 11 is 3.31. The monoisotopic (exact) mass is 447 g/mol. The molecule has 0 radical (unpaired) electrons. The maximum absolute atomic E-state index is 13.8. The Bertz CT molecular complexity index is 1300. The molecule has 0 unspecified atom stereocenters. The van der Waals surface area contributed by atoms with Crippen molar-refractivity contribution in [3.05, 3.63) is 86.0 Å². The van der Waals surface area contributed by atoms with E-state index in [-0.39, 0.29) is 5.56 Å². The minimum Gasteiger partial charge on any atom is -0.301 e. The minimum atomic E-state index is 0.0577. The molecule has 0 amide bonds. The second-order valence-electron chi connectivity index (χ2n) is 8.32. The lowest BCUT2D eigenvalue weighted by molar-refractivity contribution is 0.318. The topological polar surface area (TPSA) is 38.1 Å². The van der Waals surface area contributed by atoms with E-state index in [1.165, 1.54) is 27.1 Å². The van der Waals surface area contributed by atoms with Crippen LogP contribution in [0.25, 0.3) is 15.9 Å². The highest BCUT2D eigenvalue weighted by Gasteiger charge is 2.24. The maximum Gasteiger partial charge on any atom is 0.267 e. The van der Waals surface area contributed by atoms with Gasteiger partial charge < -0.3 is 4.90 Å². The first-order valence-corrected chi connectivity index (χ1v) is 12.3. The molecule has 0 fully saturated rings. The van der Waals surface area contributed by atoms with Crippen molar-refractivity contribution in [3.63, 3.8) is 0 Å². The van der Waals surface area contributed by atoms with Gasteiger partial charge in [-0.05, 0) is 50.6 Å². The standard InChI is InChI=1S/C25H25N3OS2/c1-16-4-8-18(9-5-16)15-30-25-26-23-22(20-12-13-27(3)14-21(20)31-23)24(29)28(25)19-10-6-17(2)7-11-19/h4-11H,12-15H2,1-3H3. The summed E-state index contributed by atoms with van der Waals surface area (Å²) in [6.45, 7) is 6.03. The minimum absolute atomic E-state index is 0.0577. The molecule has 0 N–H and O–H groups in total. The lowest BCUT2D eigenvalue weighted by atomic mass is 10.1. The van der Waals surface area contributed by atoms with Gasteiger partial charge in [-0.25, -0.2) is 4.98 Å². The summed E-state index contributed by atoms with van der Waals surface area (Å²) in [4.78, 5) is 23.3. The third kappa shape index (κ3) is 3.95. The molecule has 2 aromatic heterocycles. The summed E-state index contributed by atoms with van der Waals surface area (Å²) < 4.78 is 1.81. The van der Waals surface area contributed by atoms with Crippen molar-refractivity contribution in [1.29, 1.82) is 0 Å². The van der Waals surface area contributed by atoms with Crippen molar-refractivity contribution in [3.8, 4) is 5.69 Å². The number of aromatic nitrogens is 2. The molecule has 0 atom stereocenters. The molecular formula is C25H25N3OS2. The molecule has 6 heteroatoms.